The molecule has 0 aliphatic rings. The van der Waals surface area contributed by atoms with E-state index in [9.17, 15) is 4.79 Å². The quantitative estimate of drug-likeness (QED) is 0.893. The van der Waals surface area contributed by atoms with E-state index in [0.717, 1.165) is 5.56 Å². The smallest absolute Gasteiger partial charge is 0.341 e. The lowest BCUT2D eigenvalue weighted by Gasteiger charge is -2.14. The summed E-state index contributed by atoms with van der Waals surface area (Å²) < 4.78 is 5.54. The van der Waals surface area contributed by atoms with E-state index in [2.05, 4.69) is 10.2 Å². The van der Waals surface area contributed by atoms with Crippen molar-refractivity contribution in [2.24, 2.45) is 0 Å². The largest absolute Gasteiger partial charge is 0.477 e. The van der Waals surface area contributed by atoms with Crippen molar-refractivity contribution >= 4 is 5.97 Å². The van der Waals surface area contributed by atoms with Gasteiger partial charge in [0, 0.05) is 0 Å². The van der Waals surface area contributed by atoms with Gasteiger partial charge in [-0.15, -0.1) is 5.10 Å². The van der Waals surface area contributed by atoms with E-state index >= 15 is 0 Å². The minimum atomic E-state index is -1.08. The number of nitrogens with zero attached hydrogens (tertiary/aromatic N) is 2. The summed E-state index contributed by atoms with van der Waals surface area (Å²) in [5.74, 6) is -1.05. The van der Waals surface area contributed by atoms with Crippen molar-refractivity contribution in [1.82, 2.24) is 10.2 Å². The molecule has 2 aromatic rings. The molecular formula is C13H12N2O3. The predicted molar refractivity (Wildman–Crippen MR) is 64.5 cm³/mol. The van der Waals surface area contributed by atoms with Crippen molar-refractivity contribution in [2.45, 2.75) is 13.0 Å². The molecule has 5 nitrogen and oxygen atoms in total. The highest BCUT2D eigenvalue weighted by molar-refractivity contribution is 5.89. The molecule has 0 aliphatic heterocycles. The number of aromatic nitrogens is 2. The lowest BCUT2D eigenvalue weighted by molar-refractivity contribution is 0.0687. The normalized spacial score (nSPS) is 11.8. The third-order valence-corrected chi connectivity index (χ3v) is 2.47. The predicted octanol–water partition coefficient (Wildman–Crippen LogP) is 2.31. The molecule has 0 spiro atoms. The van der Waals surface area contributed by atoms with Gasteiger partial charge in [-0.2, -0.15) is 5.10 Å². The van der Waals surface area contributed by atoms with Crippen LogP contribution in [-0.4, -0.2) is 21.3 Å². The maximum absolute atomic E-state index is 11.0. The Bertz CT molecular complexity index is 543. The summed E-state index contributed by atoms with van der Waals surface area (Å²) in [5, 5.41) is 16.3. The highest BCUT2D eigenvalue weighted by atomic mass is 16.5. The first-order valence-corrected chi connectivity index (χ1v) is 5.45. The zero-order chi connectivity index (χ0) is 13.0. The van der Waals surface area contributed by atoms with Crippen LogP contribution in [0.3, 0.4) is 0 Å². The van der Waals surface area contributed by atoms with Crippen LogP contribution in [0.2, 0.25) is 0 Å². The van der Waals surface area contributed by atoms with Crippen molar-refractivity contribution < 1.29 is 14.6 Å². The number of carboxylic acid groups (broad SMARTS) is 1. The van der Waals surface area contributed by atoms with Gasteiger partial charge in [-0.05, 0) is 18.6 Å². The Labute approximate surface area is 104 Å². The van der Waals surface area contributed by atoms with Gasteiger partial charge in [-0.25, -0.2) is 4.79 Å². The van der Waals surface area contributed by atoms with Crippen LogP contribution in [-0.2, 0) is 0 Å². The number of benzene rings is 1. The first kappa shape index (κ1) is 12.0. The molecule has 0 radical (unpaired) electrons. The molecule has 2 rings (SSSR count). The summed E-state index contributed by atoms with van der Waals surface area (Å²) in [4.78, 5) is 11.0. The van der Waals surface area contributed by atoms with Crippen LogP contribution >= 0.6 is 0 Å². The summed E-state index contributed by atoms with van der Waals surface area (Å²) in [6, 6.07) is 10.9. The number of carbonyl (C=O) groups is 1. The van der Waals surface area contributed by atoms with E-state index in [1.165, 1.54) is 12.3 Å². The number of rotatable bonds is 4. The third-order valence-electron chi connectivity index (χ3n) is 2.47. The van der Waals surface area contributed by atoms with Crippen molar-refractivity contribution in [1.29, 1.82) is 0 Å². The fourth-order valence-electron chi connectivity index (χ4n) is 1.53. The molecule has 0 amide bonds. The van der Waals surface area contributed by atoms with Gasteiger partial charge in [0.15, 0.2) is 0 Å². The highest BCUT2D eigenvalue weighted by Gasteiger charge is 2.16. The average molecular weight is 244 g/mol. The Morgan fingerprint density at radius 3 is 2.67 bits per heavy atom. The second-order valence-corrected chi connectivity index (χ2v) is 3.73. The van der Waals surface area contributed by atoms with Crippen molar-refractivity contribution in [3.8, 4) is 5.88 Å². The van der Waals surface area contributed by atoms with E-state index in [1.54, 1.807) is 0 Å². The van der Waals surface area contributed by atoms with Gasteiger partial charge in [0.05, 0.1) is 6.20 Å². The van der Waals surface area contributed by atoms with Gasteiger partial charge in [-0.3, -0.25) is 0 Å². The van der Waals surface area contributed by atoms with E-state index in [0.29, 0.717) is 0 Å². The van der Waals surface area contributed by atoms with Crippen LogP contribution in [0.15, 0.2) is 42.6 Å². The van der Waals surface area contributed by atoms with E-state index in [-0.39, 0.29) is 17.5 Å². The standard InChI is InChI=1S/C13H12N2O3/c1-9(10-5-3-2-4-6-10)18-12-11(13(16)17)7-8-14-15-12/h2-9H,1H3,(H,16,17). The van der Waals surface area contributed by atoms with Crippen LogP contribution < -0.4 is 4.74 Å². The summed E-state index contributed by atoms with van der Waals surface area (Å²) in [6.45, 7) is 1.83. The Morgan fingerprint density at radius 2 is 2.00 bits per heavy atom. The summed E-state index contributed by atoms with van der Waals surface area (Å²) in [5.41, 5.74) is 0.951. The highest BCUT2D eigenvalue weighted by Crippen LogP contribution is 2.22. The molecule has 0 saturated carbocycles. The molecule has 0 bridgehead atoms. The molecule has 1 heterocycles. The molecule has 0 aliphatic carbocycles. The van der Waals surface area contributed by atoms with Crippen molar-refractivity contribution in [2.75, 3.05) is 0 Å². The first-order valence-electron chi connectivity index (χ1n) is 5.45. The number of ether oxygens (including phenoxy) is 1. The summed E-state index contributed by atoms with van der Waals surface area (Å²) in [6.07, 6.45) is 1.03. The molecule has 1 aromatic carbocycles. The van der Waals surface area contributed by atoms with E-state index < -0.39 is 5.97 Å². The average Bonchev–Trinajstić information content (AvgIpc) is 2.40. The summed E-state index contributed by atoms with van der Waals surface area (Å²) in [7, 11) is 0. The monoisotopic (exact) mass is 244 g/mol. The minimum absolute atomic E-state index is 0.00720. The topological polar surface area (TPSA) is 72.3 Å². The fraction of sp³-hybridized carbons (Fsp3) is 0.154. The molecule has 92 valence electrons. The fourth-order valence-corrected chi connectivity index (χ4v) is 1.53. The third kappa shape index (κ3) is 2.63. The van der Waals surface area contributed by atoms with Crippen molar-refractivity contribution in [3.05, 3.63) is 53.7 Å². The molecule has 0 saturated heterocycles. The number of aromatic carboxylic acids is 1. The van der Waals surface area contributed by atoms with Crippen LogP contribution in [0.25, 0.3) is 0 Å². The minimum Gasteiger partial charge on any atom is -0.477 e. The maximum Gasteiger partial charge on any atom is 0.341 e. The van der Waals surface area contributed by atoms with E-state index in [1.807, 2.05) is 37.3 Å². The van der Waals surface area contributed by atoms with Crippen LogP contribution in [0.1, 0.15) is 28.9 Å². The summed E-state index contributed by atoms with van der Waals surface area (Å²) >= 11 is 0. The number of hydrogen-bond acceptors (Lipinski definition) is 4. The van der Waals surface area contributed by atoms with Crippen molar-refractivity contribution in [3.63, 3.8) is 0 Å². The zero-order valence-corrected chi connectivity index (χ0v) is 9.78. The molecule has 5 heteroatoms. The van der Waals surface area contributed by atoms with Gasteiger partial charge in [0.2, 0.25) is 5.88 Å². The Kier molecular flexibility index (Phi) is 3.52. The van der Waals surface area contributed by atoms with Gasteiger partial charge in [0.25, 0.3) is 0 Å². The lowest BCUT2D eigenvalue weighted by Crippen LogP contribution is -2.09. The lowest BCUT2D eigenvalue weighted by atomic mass is 10.1. The Balaban J connectivity index is 2.22. The molecule has 18 heavy (non-hydrogen) atoms. The molecule has 0 fully saturated rings. The second-order valence-electron chi connectivity index (χ2n) is 3.73. The zero-order valence-electron chi connectivity index (χ0n) is 9.78. The van der Waals surface area contributed by atoms with Gasteiger partial charge < -0.3 is 9.84 Å². The molecule has 1 unspecified atom stereocenters. The first-order chi connectivity index (χ1) is 8.68. The number of carboxylic acids is 1. The Morgan fingerprint density at radius 1 is 1.28 bits per heavy atom. The van der Waals surface area contributed by atoms with Gasteiger partial charge in [0.1, 0.15) is 11.7 Å². The number of hydrogen-bond donors (Lipinski definition) is 1. The second kappa shape index (κ2) is 5.27. The van der Waals surface area contributed by atoms with Crippen LogP contribution in [0.4, 0.5) is 0 Å². The van der Waals surface area contributed by atoms with E-state index in [4.69, 9.17) is 9.84 Å². The Hall–Kier alpha value is -2.43. The molecule has 1 atom stereocenters. The molecular weight excluding hydrogens is 232 g/mol. The van der Waals surface area contributed by atoms with Crippen LogP contribution in [0.5, 0.6) is 5.88 Å². The maximum atomic E-state index is 11.0. The SMILES string of the molecule is CC(Oc1nnccc1C(=O)O)c1ccccc1. The molecule has 1 N–H and O–H groups in total. The van der Waals surface area contributed by atoms with Gasteiger partial charge in [-0.1, -0.05) is 30.3 Å². The van der Waals surface area contributed by atoms with Gasteiger partial charge >= 0.3 is 5.97 Å². The molecule has 1 aromatic heterocycles. The van der Waals surface area contributed by atoms with Crippen LogP contribution in [0, 0.1) is 0 Å².